The monoisotopic (exact) mass is 1080 g/mol. The van der Waals surface area contributed by atoms with Crippen molar-refractivity contribution in [3.8, 4) is 67.0 Å². The minimum Gasteiger partial charge on any atom is -0.309 e. The maximum atomic E-state index is 15.1. The molecule has 0 radical (unpaired) electrons. The van der Waals surface area contributed by atoms with Gasteiger partial charge < -0.3 is 9.13 Å². The fourth-order valence-corrected chi connectivity index (χ4v) is 14.9. The molecular weight excluding hydrogens is 1030 g/mol. The minimum atomic E-state index is -0.212. The first-order valence-electron chi connectivity index (χ1n) is 28.4. The van der Waals surface area contributed by atoms with Gasteiger partial charge in [-0.25, -0.2) is 4.39 Å². The maximum Gasteiger partial charge on any atom is 0.131 e. The first kappa shape index (κ1) is 47.4. The lowest BCUT2D eigenvalue weighted by molar-refractivity contribution is 0.631. The first-order valence-corrected chi connectivity index (χ1v) is 29.2. The molecule has 0 atom stereocenters. The average Bonchev–Trinajstić information content (AvgIpc) is 3.96. The molecule has 3 heterocycles. The predicted molar refractivity (Wildman–Crippen MR) is 352 cm³/mol. The number of halogens is 1. The van der Waals surface area contributed by atoms with E-state index < -0.39 is 0 Å². The van der Waals surface area contributed by atoms with Crippen molar-refractivity contribution >= 4 is 107 Å². The Balaban J connectivity index is 0.771. The van der Waals surface area contributed by atoms with Crippen LogP contribution >= 0.6 is 11.3 Å². The lowest BCUT2D eigenvalue weighted by Gasteiger charge is -2.17. The van der Waals surface area contributed by atoms with Gasteiger partial charge >= 0.3 is 0 Å². The van der Waals surface area contributed by atoms with E-state index in [-0.39, 0.29) is 5.82 Å². The van der Waals surface area contributed by atoms with Crippen LogP contribution in [0, 0.1) is 12.7 Å². The van der Waals surface area contributed by atoms with Crippen LogP contribution in [0.4, 0.5) is 4.39 Å². The number of fused-ring (bicyclic) bond motifs is 15. The van der Waals surface area contributed by atoms with E-state index in [1.807, 2.05) is 30.4 Å². The third-order valence-corrected chi connectivity index (χ3v) is 18.7. The molecule has 0 saturated heterocycles. The van der Waals surface area contributed by atoms with E-state index in [1.54, 1.807) is 6.07 Å². The molecule has 0 N–H and O–H groups in total. The smallest absolute Gasteiger partial charge is 0.131 e. The van der Waals surface area contributed by atoms with E-state index in [4.69, 9.17) is 0 Å². The number of hydrogen-bond acceptors (Lipinski definition) is 1. The van der Waals surface area contributed by atoms with E-state index in [2.05, 4.69) is 264 Å². The van der Waals surface area contributed by atoms with Gasteiger partial charge in [0.1, 0.15) is 5.82 Å². The quantitative estimate of drug-likeness (QED) is 0.141. The Morgan fingerprint density at radius 2 is 0.747 bits per heavy atom. The Kier molecular flexibility index (Phi) is 10.6. The van der Waals surface area contributed by atoms with E-state index in [9.17, 15) is 0 Å². The molecule has 0 aliphatic heterocycles. The molecule has 83 heavy (non-hydrogen) atoms. The van der Waals surface area contributed by atoms with Crippen molar-refractivity contribution in [3.63, 3.8) is 0 Å². The summed E-state index contributed by atoms with van der Waals surface area (Å²) >= 11 is 1.88. The second-order valence-corrected chi connectivity index (χ2v) is 23.1. The Morgan fingerprint density at radius 1 is 0.277 bits per heavy atom. The SMILES string of the molecule is Cc1ccc(-c2ccc3c(c2)c2ccccc2n3-c2ccc3c4ccccc4c4cc(-c5ccc6c(c5)sc5cccc(-c7ccccc7-c7ccccc7-n7c8ccccc8c8ccccc87)c56)ccc4c3c2)cc1-c1ccccc1F. The molecule has 0 aliphatic rings. The molecule has 3 aromatic heterocycles. The summed E-state index contributed by atoms with van der Waals surface area (Å²) in [4.78, 5) is 0. The van der Waals surface area contributed by atoms with Gasteiger partial charge in [0, 0.05) is 58.5 Å². The number of aromatic nitrogens is 2. The second-order valence-electron chi connectivity index (χ2n) is 22.1. The van der Waals surface area contributed by atoms with Crippen molar-refractivity contribution in [1.29, 1.82) is 0 Å². The van der Waals surface area contributed by atoms with Crippen molar-refractivity contribution in [3.05, 3.63) is 290 Å². The van der Waals surface area contributed by atoms with Gasteiger partial charge in [-0.15, -0.1) is 11.3 Å². The standard InChI is InChI=1S/C79H49FN2S/c1-48-33-34-49(43-67(48)60-21-6-11-27-71(60)80)51-37-42-76-70(45-51)64-25-10-12-28-72(64)81(76)53-38-41-58-54-17-2-5-20-57(54)68-44-50(35-39-59(68)69(58)47-53)52-36-40-66-78(46-52)83-77-32-16-26-65(79(66)77)56-19-4-3-18-55(56)61-22-7-13-29-73(61)82-74-30-14-8-23-62(74)63-24-9-15-31-75(63)82/h2-47H,1H3. The Bertz CT molecular complexity index is 5500. The average molecular weight is 1080 g/mol. The van der Waals surface area contributed by atoms with Crippen molar-refractivity contribution in [2.24, 2.45) is 0 Å². The highest BCUT2D eigenvalue weighted by atomic mass is 32.1. The fraction of sp³-hybridized carbons (Fsp3) is 0.0127. The van der Waals surface area contributed by atoms with Gasteiger partial charge in [-0.1, -0.05) is 200 Å². The number of nitrogens with zero attached hydrogens (tertiary/aromatic N) is 2. The number of aryl methyl sites for hydroxylation is 1. The third-order valence-electron chi connectivity index (χ3n) is 17.5. The van der Waals surface area contributed by atoms with Crippen molar-refractivity contribution < 1.29 is 4.39 Å². The highest BCUT2D eigenvalue weighted by molar-refractivity contribution is 7.26. The zero-order valence-corrected chi connectivity index (χ0v) is 46.1. The van der Waals surface area contributed by atoms with E-state index in [1.165, 1.54) is 125 Å². The lowest BCUT2D eigenvalue weighted by atomic mass is 9.90. The molecule has 0 amide bonds. The molecule has 0 fully saturated rings. The molecule has 0 bridgehead atoms. The molecule has 4 heteroatoms. The first-order chi connectivity index (χ1) is 41.0. The summed E-state index contributed by atoms with van der Waals surface area (Å²) < 4.78 is 22.5. The Morgan fingerprint density at radius 3 is 1.48 bits per heavy atom. The molecule has 0 spiro atoms. The molecule has 14 aromatic carbocycles. The summed E-state index contributed by atoms with van der Waals surface area (Å²) in [5.74, 6) is -0.212. The van der Waals surface area contributed by atoms with Gasteiger partial charge in [-0.3, -0.25) is 0 Å². The van der Waals surface area contributed by atoms with Crippen LogP contribution in [0.1, 0.15) is 5.56 Å². The maximum absolute atomic E-state index is 15.1. The predicted octanol–water partition coefficient (Wildman–Crippen LogP) is 22.5. The van der Waals surface area contributed by atoms with Crippen molar-refractivity contribution in [1.82, 2.24) is 9.13 Å². The van der Waals surface area contributed by atoms with Crippen LogP contribution in [-0.4, -0.2) is 9.13 Å². The number of rotatable bonds is 7. The van der Waals surface area contributed by atoms with E-state index in [0.717, 1.165) is 44.7 Å². The van der Waals surface area contributed by atoms with Crippen LogP contribution in [0.3, 0.4) is 0 Å². The lowest BCUT2D eigenvalue weighted by Crippen LogP contribution is -1.98. The third kappa shape index (κ3) is 7.33. The summed E-state index contributed by atoms with van der Waals surface area (Å²) in [7, 11) is 0. The summed E-state index contributed by atoms with van der Waals surface area (Å²) in [5.41, 5.74) is 18.9. The van der Waals surface area contributed by atoms with Crippen LogP contribution in [0.15, 0.2) is 279 Å². The van der Waals surface area contributed by atoms with Crippen LogP contribution < -0.4 is 0 Å². The summed E-state index contributed by atoms with van der Waals surface area (Å²) in [6.07, 6.45) is 0. The molecule has 0 saturated carbocycles. The number of para-hydroxylation sites is 4. The fourth-order valence-electron chi connectivity index (χ4n) is 13.7. The molecule has 0 unspecified atom stereocenters. The highest BCUT2D eigenvalue weighted by Gasteiger charge is 2.22. The van der Waals surface area contributed by atoms with Gasteiger partial charge in [0.2, 0.25) is 0 Å². The largest absolute Gasteiger partial charge is 0.309 e. The van der Waals surface area contributed by atoms with E-state index in [0.29, 0.717) is 5.56 Å². The summed E-state index contributed by atoms with van der Waals surface area (Å²) in [6.45, 7) is 2.05. The van der Waals surface area contributed by atoms with Crippen LogP contribution in [0.2, 0.25) is 0 Å². The molecule has 388 valence electrons. The summed E-state index contributed by atoms with van der Waals surface area (Å²) in [6, 6.07) is 101. The van der Waals surface area contributed by atoms with Crippen LogP contribution in [0.5, 0.6) is 0 Å². The zero-order valence-electron chi connectivity index (χ0n) is 45.2. The molecule has 2 nitrogen and oxygen atoms in total. The van der Waals surface area contributed by atoms with Gasteiger partial charge in [0.25, 0.3) is 0 Å². The zero-order chi connectivity index (χ0) is 54.9. The minimum absolute atomic E-state index is 0.212. The number of thiophene rings is 1. The summed E-state index contributed by atoms with van der Waals surface area (Å²) in [5, 5.41) is 14.8. The second kappa shape index (κ2) is 18.6. The van der Waals surface area contributed by atoms with Gasteiger partial charge in [0.15, 0.2) is 0 Å². The number of hydrogen-bond donors (Lipinski definition) is 0. The Hall–Kier alpha value is -10.4. The van der Waals surface area contributed by atoms with Gasteiger partial charge in [0.05, 0.1) is 27.8 Å². The number of benzene rings is 14. The molecule has 17 aromatic rings. The van der Waals surface area contributed by atoms with Crippen molar-refractivity contribution in [2.45, 2.75) is 6.92 Å². The van der Waals surface area contributed by atoms with Crippen molar-refractivity contribution in [2.75, 3.05) is 0 Å². The molecule has 0 aliphatic carbocycles. The topological polar surface area (TPSA) is 9.86 Å². The molecular formula is C79H49FN2S. The Labute approximate surface area is 482 Å². The van der Waals surface area contributed by atoms with Gasteiger partial charge in [-0.2, -0.15) is 0 Å². The van der Waals surface area contributed by atoms with Gasteiger partial charge in [-0.05, 0) is 168 Å². The van der Waals surface area contributed by atoms with Crippen LogP contribution in [0.25, 0.3) is 163 Å². The van der Waals surface area contributed by atoms with Crippen LogP contribution in [-0.2, 0) is 0 Å². The molecule has 17 rings (SSSR count). The van der Waals surface area contributed by atoms with E-state index >= 15 is 4.39 Å². The highest BCUT2D eigenvalue weighted by Crippen LogP contribution is 2.47. The normalized spacial score (nSPS) is 12.0.